The number of hydrogen-bond donors (Lipinski definition) is 4. The first-order valence-electron chi connectivity index (χ1n) is 12.1. The minimum atomic E-state index is -5.08. The monoisotopic (exact) mass is 519 g/mol. The lowest BCUT2D eigenvalue weighted by Gasteiger charge is -2.31. The summed E-state index contributed by atoms with van der Waals surface area (Å²) in [7, 11) is 0. The van der Waals surface area contributed by atoms with Crippen molar-refractivity contribution in [3.05, 3.63) is 15.6 Å². The van der Waals surface area contributed by atoms with E-state index in [1.165, 1.54) is 15.6 Å². The van der Waals surface area contributed by atoms with Crippen LogP contribution in [0.15, 0.2) is 0 Å². The highest BCUT2D eigenvalue weighted by atomic mass is 32.1. The fourth-order valence-electron chi connectivity index (χ4n) is 4.91. The third-order valence-electron chi connectivity index (χ3n) is 6.97. The third-order valence-corrected chi connectivity index (χ3v) is 8.29. The van der Waals surface area contributed by atoms with Crippen molar-refractivity contribution in [2.75, 3.05) is 13.1 Å². The number of carbonyl (C=O) groups is 3. The zero-order valence-electron chi connectivity index (χ0n) is 19.4. The molecule has 0 bridgehead atoms. The summed E-state index contributed by atoms with van der Waals surface area (Å²) in [5.74, 6) is -2.88. The van der Waals surface area contributed by atoms with Crippen LogP contribution < -0.4 is 10.6 Å². The van der Waals surface area contributed by atoms with Crippen molar-refractivity contribution in [1.29, 1.82) is 0 Å². The standard InChI is InChI=1S/C21H31N3O3S.C2HF3O2/c25-19(23-16-7-5-15(6-8-16)21(26)27)13-1-3-14(4-2-13)20-24-17-9-11-22-12-10-18(17)28-20;3-2(4,5)1(6)7/h13-16,22H,1-12H2,(H,23,25)(H,26,27);(H,6,7)/t13-,14-,15-,16-;. The maximum absolute atomic E-state index is 12.7. The lowest BCUT2D eigenvalue weighted by molar-refractivity contribution is -0.192. The summed E-state index contributed by atoms with van der Waals surface area (Å²) < 4.78 is 31.7. The largest absolute Gasteiger partial charge is 0.490 e. The molecular formula is C23H32F3N3O5S. The molecule has 4 rings (SSSR count). The minimum Gasteiger partial charge on any atom is -0.481 e. The van der Waals surface area contributed by atoms with Gasteiger partial charge in [0.15, 0.2) is 0 Å². The van der Waals surface area contributed by atoms with Gasteiger partial charge in [0.05, 0.1) is 16.6 Å². The van der Waals surface area contributed by atoms with E-state index in [0.29, 0.717) is 18.8 Å². The second kappa shape index (κ2) is 12.2. The number of carbonyl (C=O) groups excluding carboxylic acids is 1. The third kappa shape index (κ3) is 7.89. The molecule has 1 aromatic rings. The van der Waals surface area contributed by atoms with Gasteiger partial charge in [-0.05, 0) is 57.8 Å². The average Bonchev–Trinajstić information content (AvgIpc) is 3.09. The molecule has 8 nitrogen and oxygen atoms in total. The van der Waals surface area contributed by atoms with Crippen LogP contribution in [0.5, 0.6) is 0 Å². The number of carboxylic acid groups (broad SMARTS) is 2. The molecule has 35 heavy (non-hydrogen) atoms. The van der Waals surface area contributed by atoms with E-state index in [4.69, 9.17) is 20.0 Å². The zero-order chi connectivity index (χ0) is 25.6. The van der Waals surface area contributed by atoms with Gasteiger partial charge < -0.3 is 20.8 Å². The highest BCUT2D eigenvalue weighted by Crippen LogP contribution is 2.39. The summed E-state index contributed by atoms with van der Waals surface area (Å²) in [5.41, 5.74) is 1.29. The van der Waals surface area contributed by atoms with E-state index in [1.54, 1.807) is 0 Å². The van der Waals surface area contributed by atoms with Crippen LogP contribution in [0.3, 0.4) is 0 Å². The highest BCUT2D eigenvalue weighted by Gasteiger charge is 2.38. The molecule has 0 atom stereocenters. The van der Waals surface area contributed by atoms with E-state index in [-0.39, 0.29) is 23.8 Å². The van der Waals surface area contributed by atoms with Gasteiger partial charge in [-0.2, -0.15) is 13.2 Å². The molecule has 12 heteroatoms. The highest BCUT2D eigenvalue weighted by molar-refractivity contribution is 7.11. The molecule has 1 aliphatic heterocycles. The Kier molecular flexibility index (Phi) is 9.51. The number of fused-ring (bicyclic) bond motifs is 1. The zero-order valence-corrected chi connectivity index (χ0v) is 20.2. The summed E-state index contributed by atoms with van der Waals surface area (Å²) in [4.78, 5) is 39.0. The van der Waals surface area contributed by atoms with Crippen LogP contribution in [0.4, 0.5) is 13.2 Å². The predicted molar refractivity (Wildman–Crippen MR) is 122 cm³/mol. The number of nitrogens with zero attached hydrogens (tertiary/aromatic N) is 1. The lowest BCUT2D eigenvalue weighted by atomic mass is 9.81. The van der Waals surface area contributed by atoms with Gasteiger partial charge in [0, 0.05) is 42.3 Å². The predicted octanol–water partition coefficient (Wildman–Crippen LogP) is 3.50. The number of alkyl halides is 3. The van der Waals surface area contributed by atoms with Crippen molar-refractivity contribution in [2.24, 2.45) is 11.8 Å². The van der Waals surface area contributed by atoms with Gasteiger partial charge in [0.1, 0.15) is 0 Å². The number of aromatic nitrogens is 1. The molecule has 1 amide bonds. The Morgan fingerprint density at radius 2 is 1.49 bits per heavy atom. The Balaban J connectivity index is 0.000000429. The molecule has 1 aromatic heterocycles. The van der Waals surface area contributed by atoms with Crippen molar-refractivity contribution in [2.45, 2.75) is 82.3 Å². The summed E-state index contributed by atoms with van der Waals surface area (Å²) in [6.45, 7) is 2.08. The van der Waals surface area contributed by atoms with Crippen molar-refractivity contribution in [1.82, 2.24) is 15.6 Å². The topological polar surface area (TPSA) is 129 Å². The molecule has 196 valence electrons. The van der Waals surface area contributed by atoms with E-state index < -0.39 is 18.1 Å². The van der Waals surface area contributed by atoms with E-state index >= 15 is 0 Å². The molecule has 4 N–H and O–H groups in total. The Labute approximate surface area is 205 Å². The first-order valence-corrected chi connectivity index (χ1v) is 12.9. The van der Waals surface area contributed by atoms with Gasteiger partial charge >= 0.3 is 18.1 Å². The normalized spacial score (nSPS) is 26.9. The van der Waals surface area contributed by atoms with Gasteiger partial charge in [0.2, 0.25) is 5.91 Å². The summed E-state index contributed by atoms with van der Waals surface area (Å²) in [6.07, 6.45) is 3.95. The molecule has 2 heterocycles. The van der Waals surface area contributed by atoms with Crippen molar-refractivity contribution >= 4 is 29.2 Å². The van der Waals surface area contributed by atoms with Crippen molar-refractivity contribution in [3.63, 3.8) is 0 Å². The summed E-state index contributed by atoms with van der Waals surface area (Å²) in [6, 6.07) is 0.157. The quantitative estimate of drug-likeness (QED) is 0.479. The molecular weight excluding hydrogens is 487 g/mol. The Morgan fingerprint density at radius 1 is 0.914 bits per heavy atom. The molecule has 2 saturated carbocycles. The number of carboxylic acids is 2. The average molecular weight is 520 g/mol. The van der Waals surface area contributed by atoms with Gasteiger partial charge in [0.25, 0.3) is 0 Å². The van der Waals surface area contributed by atoms with E-state index in [9.17, 15) is 22.8 Å². The number of thiazole rings is 1. The Bertz CT molecular complexity index is 868. The number of halogens is 3. The van der Waals surface area contributed by atoms with Crippen LogP contribution in [-0.2, 0) is 27.2 Å². The summed E-state index contributed by atoms with van der Waals surface area (Å²) in [5, 5.41) is 24.1. The molecule has 2 aliphatic carbocycles. The van der Waals surface area contributed by atoms with Crippen LogP contribution in [0, 0.1) is 11.8 Å². The molecule has 3 aliphatic rings. The Hall–Kier alpha value is -2.21. The minimum absolute atomic E-state index is 0.107. The second-order valence-corrected chi connectivity index (χ2v) is 10.5. The Morgan fingerprint density at radius 3 is 2.06 bits per heavy atom. The number of hydrogen-bond acceptors (Lipinski definition) is 6. The van der Waals surface area contributed by atoms with Gasteiger partial charge in [-0.15, -0.1) is 11.3 Å². The van der Waals surface area contributed by atoms with E-state index in [1.807, 2.05) is 11.3 Å². The molecule has 0 unspecified atom stereocenters. The SMILES string of the molecule is O=C(O)C(F)(F)F.O=C(O)[C@H]1CC[C@H](NC(=O)[C@H]2CC[C@H](c3nc4c(s3)CCNCC4)CC2)CC1. The van der Waals surface area contributed by atoms with Crippen LogP contribution in [0.25, 0.3) is 0 Å². The lowest BCUT2D eigenvalue weighted by Crippen LogP contribution is -2.42. The molecule has 0 saturated heterocycles. The fourth-order valence-corrected chi connectivity index (χ4v) is 6.19. The first kappa shape index (κ1) is 27.4. The van der Waals surface area contributed by atoms with Gasteiger partial charge in [-0.25, -0.2) is 9.78 Å². The fraction of sp³-hybridized carbons (Fsp3) is 0.739. The summed E-state index contributed by atoms with van der Waals surface area (Å²) >= 11 is 1.90. The van der Waals surface area contributed by atoms with E-state index in [2.05, 4.69) is 10.6 Å². The van der Waals surface area contributed by atoms with Crippen LogP contribution in [-0.4, -0.2) is 58.4 Å². The molecule has 0 spiro atoms. The number of rotatable bonds is 4. The molecule has 0 aromatic carbocycles. The van der Waals surface area contributed by atoms with Crippen molar-refractivity contribution < 1.29 is 37.8 Å². The number of amides is 1. The first-order chi connectivity index (χ1) is 16.5. The van der Waals surface area contributed by atoms with E-state index in [0.717, 1.165) is 64.5 Å². The molecule has 2 fully saturated rings. The number of aliphatic carboxylic acids is 2. The van der Waals surface area contributed by atoms with Crippen molar-refractivity contribution in [3.8, 4) is 0 Å². The maximum atomic E-state index is 12.7. The second-order valence-electron chi connectivity index (χ2n) is 9.42. The number of nitrogens with one attached hydrogen (secondary N) is 2. The van der Waals surface area contributed by atoms with Crippen LogP contribution >= 0.6 is 11.3 Å². The van der Waals surface area contributed by atoms with Crippen LogP contribution in [0.1, 0.15) is 72.9 Å². The van der Waals surface area contributed by atoms with Crippen LogP contribution in [0.2, 0.25) is 0 Å². The van der Waals surface area contributed by atoms with Gasteiger partial charge in [-0.3, -0.25) is 9.59 Å². The molecule has 0 radical (unpaired) electrons. The van der Waals surface area contributed by atoms with Gasteiger partial charge in [-0.1, -0.05) is 0 Å². The maximum Gasteiger partial charge on any atom is 0.490 e. The smallest absolute Gasteiger partial charge is 0.481 e.